The summed E-state index contributed by atoms with van der Waals surface area (Å²) in [7, 11) is 0. The zero-order valence-corrected chi connectivity index (χ0v) is 10.8. The molecule has 0 aliphatic carbocycles. The van der Waals surface area contributed by atoms with Gasteiger partial charge in [0.1, 0.15) is 0 Å². The minimum Gasteiger partial charge on any atom is -0.550 e. The van der Waals surface area contributed by atoms with Crippen molar-refractivity contribution in [2.24, 2.45) is 5.92 Å². The summed E-state index contributed by atoms with van der Waals surface area (Å²) in [6, 6.07) is 0. The van der Waals surface area contributed by atoms with Crippen LogP contribution in [0.25, 0.3) is 0 Å². The minimum atomic E-state index is -0.955. The van der Waals surface area contributed by atoms with Gasteiger partial charge in [-0.1, -0.05) is 0 Å². The molecule has 0 spiro atoms. The number of carbonyl (C=O) groups excluding carboxylic acids is 2. The monoisotopic (exact) mass is 242 g/mol. The van der Waals surface area contributed by atoms with E-state index in [4.69, 9.17) is 0 Å². The lowest BCUT2D eigenvalue weighted by molar-refractivity contribution is -0.898. The zero-order valence-electron chi connectivity index (χ0n) is 10.8. The van der Waals surface area contributed by atoms with Gasteiger partial charge in [0.25, 0.3) is 5.91 Å². The van der Waals surface area contributed by atoms with E-state index in [-0.39, 0.29) is 17.4 Å². The molecule has 0 aromatic heterocycles. The van der Waals surface area contributed by atoms with Gasteiger partial charge in [-0.2, -0.15) is 0 Å². The second-order valence-corrected chi connectivity index (χ2v) is 5.82. The number of aliphatic carboxylic acids is 1. The van der Waals surface area contributed by atoms with Crippen LogP contribution in [0, 0.1) is 5.92 Å². The molecule has 2 N–H and O–H groups in total. The van der Waals surface area contributed by atoms with E-state index in [1.807, 2.05) is 20.8 Å². The van der Waals surface area contributed by atoms with Crippen molar-refractivity contribution >= 4 is 11.9 Å². The molecule has 1 rings (SSSR count). The van der Waals surface area contributed by atoms with Crippen LogP contribution in [0.2, 0.25) is 0 Å². The molecule has 1 fully saturated rings. The lowest BCUT2D eigenvalue weighted by Crippen LogP contribution is -3.14. The Morgan fingerprint density at radius 1 is 1.29 bits per heavy atom. The molecule has 0 saturated carbocycles. The van der Waals surface area contributed by atoms with Gasteiger partial charge in [0, 0.05) is 30.3 Å². The molecule has 1 saturated heterocycles. The Morgan fingerprint density at radius 3 is 2.24 bits per heavy atom. The van der Waals surface area contributed by atoms with Crippen LogP contribution in [-0.2, 0) is 9.59 Å². The minimum absolute atomic E-state index is 0.0272. The van der Waals surface area contributed by atoms with Gasteiger partial charge in [0.15, 0.2) is 6.54 Å². The average molecular weight is 242 g/mol. The molecule has 1 aliphatic rings. The molecule has 0 aromatic carbocycles. The smallest absolute Gasteiger partial charge is 0.275 e. The quantitative estimate of drug-likeness (QED) is 0.598. The molecule has 1 aliphatic heterocycles. The first-order valence-corrected chi connectivity index (χ1v) is 6.13. The zero-order chi connectivity index (χ0) is 13.1. The van der Waals surface area contributed by atoms with Crippen LogP contribution < -0.4 is 15.3 Å². The largest absolute Gasteiger partial charge is 0.550 e. The number of quaternary nitrogens is 1. The lowest BCUT2D eigenvalue weighted by atomic mass is 9.97. The average Bonchev–Trinajstić information content (AvgIpc) is 2.15. The Labute approximate surface area is 102 Å². The van der Waals surface area contributed by atoms with Crippen LogP contribution in [0.5, 0.6) is 0 Å². The molecule has 17 heavy (non-hydrogen) atoms. The van der Waals surface area contributed by atoms with Crippen LogP contribution in [-0.4, -0.2) is 37.0 Å². The van der Waals surface area contributed by atoms with Crippen molar-refractivity contribution in [1.82, 2.24) is 5.32 Å². The second-order valence-electron chi connectivity index (χ2n) is 5.82. The van der Waals surface area contributed by atoms with Gasteiger partial charge in [-0.25, -0.2) is 0 Å². The van der Waals surface area contributed by atoms with Gasteiger partial charge in [0.05, 0.1) is 13.1 Å². The Bertz CT molecular complexity index is 289. The summed E-state index contributed by atoms with van der Waals surface area (Å²) >= 11 is 0. The van der Waals surface area contributed by atoms with Crippen molar-refractivity contribution in [2.45, 2.75) is 39.2 Å². The Kier molecular flexibility index (Phi) is 4.51. The molecule has 0 aromatic rings. The summed E-state index contributed by atoms with van der Waals surface area (Å²) in [5, 5.41) is 13.6. The van der Waals surface area contributed by atoms with Crippen LogP contribution in [0.1, 0.15) is 33.6 Å². The first kappa shape index (κ1) is 14.0. The Hall–Kier alpha value is -1.10. The normalized spacial score (nSPS) is 25.4. The SMILES string of the molecule is CC(C)(C)NC(=O)C[NH+]1CCC(C(=O)[O-])CC1. The van der Waals surface area contributed by atoms with Gasteiger partial charge in [-0.3, -0.25) is 4.79 Å². The third-order valence-electron chi connectivity index (χ3n) is 2.95. The van der Waals surface area contributed by atoms with Crippen molar-refractivity contribution in [3.63, 3.8) is 0 Å². The van der Waals surface area contributed by atoms with Gasteiger partial charge in [-0.15, -0.1) is 0 Å². The highest BCUT2D eigenvalue weighted by Gasteiger charge is 2.25. The molecule has 5 heteroatoms. The number of carboxylic acids is 1. The predicted octanol–water partition coefficient (Wildman–Crippen LogP) is -2.05. The van der Waals surface area contributed by atoms with Crippen molar-refractivity contribution in [3.8, 4) is 0 Å². The summed E-state index contributed by atoms with van der Waals surface area (Å²) < 4.78 is 0. The third kappa shape index (κ3) is 5.17. The maximum absolute atomic E-state index is 11.7. The number of hydrogen-bond acceptors (Lipinski definition) is 3. The summed E-state index contributed by atoms with van der Waals surface area (Å²) in [6.07, 6.45) is 1.22. The van der Waals surface area contributed by atoms with E-state index in [0.29, 0.717) is 19.4 Å². The van der Waals surface area contributed by atoms with E-state index in [9.17, 15) is 14.7 Å². The molecule has 1 amide bonds. The van der Waals surface area contributed by atoms with Gasteiger partial charge in [-0.05, 0) is 20.8 Å². The Morgan fingerprint density at radius 2 is 1.82 bits per heavy atom. The molecular formula is C12H22N2O3. The number of hydrogen-bond donors (Lipinski definition) is 2. The molecule has 0 bridgehead atoms. The fraction of sp³-hybridized carbons (Fsp3) is 0.833. The summed E-state index contributed by atoms with van der Waals surface area (Å²) in [6.45, 7) is 7.73. The van der Waals surface area contributed by atoms with E-state index in [0.717, 1.165) is 18.0 Å². The first-order valence-electron chi connectivity index (χ1n) is 6.13. The maximum atomic E-state index is 11.7. The summed E-state index contributed by atoms with van der Waals surface area (Å²) in [5.41, 5.74) is -0.209. The van der Waals surface area contributed by atoms with E-state index in [1.165, 1.54) is 0 Å². The third-order valence-corrected chi connectivity index (χ3v) is 2.95. The van der Waals surface area contributed by atoms with Crippen molar-refractivity contribution in [1.29, 1.82) is 0 Å². The molecule has 0 atom stereocenters. The van der Waals surface area contributed by atoms with Crippen molar-refractivity contribution in [3.05, 3.63) is 0 Å². The van der Waals surface area contributed by atoms with Crippen molar-refractivity contribution < 1.29 is 19.6 Å². The highest BCUT2D eigenvalue weighted by Crippen LogP contribution is 2.07. The van der Waals surface area contributed by atoms with Gasteiger partial charge >= 0.3 is 0 Å². The highest BCUT2D eigenvalue weighted by atomic mass is 16.4. The van der Waals surface area contributed by atoms with E-state index < -0.39 is 5.97 Å². The van der Waals surface area contributed by atoms with E-state index in [2.05, 4.69) is 5.32 Å². The number of amides is 1. The Balaban J connectivity index is 2.31. The molecular weight excluding hydrogens is 220 g/mol. The maximum Gasteiger partial charge on any atom is 0.275 e. The van der Waals surface area contributed by atoms with E-state index >= 15 is 0 Å². The van der Waals surface area contributed by atoms with Crippen LogP contribution in [0.3, 0.4) is 0 Å². The van der Waals surface area contributed by atoms with Crippen molar-refractivity contribution in [2.75, 3.05) is 19.6 Å². The molecule has 1 heterocycles. The predicted molar refractivity (Wildman–Crippen MR) is 61.2 cm³/mol. The van der Waals surface area contributed by atoms with Crippen LogP contribution in [0.15, 0.2) is 0 Å². The molecule has 0 unspecified atom stereocenters. The molecule has 98 valence electrons. The lowest BCUT2D eigenvalue weighted by Gasteiger charge is -2.30. The van der Waals surface area contributed by atoms with Crippen LogP contribution in [0.4, 0.5) is 0 Å². The van der Waals surface area contributed by atoms with E-state index in [1.54, 1.807) is 0 Å². The number of carboxylic acid groups (broad SMARTS) is 1. The van der Waals surface area contributed by atoms with Crippen LogP contribution >= 0.6 is 0 Å². The fourth-order valence-corrected chi connectivity index (χ4v) is 2.13. The van der Waals surface area contributed by atoms with Gasteiger partial charge < -0.3 is 20.1 Å². The first-order chi connectivity index (χ1) is 7.78. The topological polar surface area (TPSA) is 73.7 Å². The highest BCUT2D eigenvalue weighted by molar-refractivity contribution is 5.77. The second kappa shape index (κ2) is 5.49. The molecule has 0 radical (unpaired) electrons. The summed E-state index contributed by atoms with van der Waals surface area (Å²) in [5.74, 6) is -1.26. The number of carbonyl (C=O) groups is 2. The number of piperidine rings is 1. The standard InChI is InChI=1S/C12H22N2O3/c1-12(2,3)13-10(15)8-14-6-4-9(5-7-14)11(16)17/h9H,4-8H2,1-3H3,(H,13,15)(H,16,17). The number of rotatable bonds is 3. The number of nitrogens with one attached hydrogen (secondary N) is 2. The number of likely N-dealkylation sites (tertiary alicyclic amines) is 1. The fourth-order valence-electron chi connectivity index (χ4n) is 2.13. The summed E-state index contributed by atoms with van der Waals surface area (Å²) in [4.78, 5) is 23.5. The molecule has 5 nitrogen and oxygen atoms in total. The van der Waals surface area contributed by atoms with Gasteiger partial charge in [0.2, 0.25) is 0 Å².